The van der Waals surface area contributed by atoms with E-state index in [1.807, 2.05) is 20.2 Å². The van der Waals surface area contributed by atoms with Crippen LogP contribution in [0.4, 0.5) is 4.79 Å². The van der Waals surface area contributed by atoms with Crippen LogP contribution in [0.5, 0.6) is 0 Å². The van der Waals surface area contributed by atoms with Gasteiger partial charge in [-0.05, 0) is 6.42 Å². The van der Waals surface area contributed by atoms with Crippen molar-refractivity contribution < 1.29 is 4.79 Å². The van der Waals surface area contributed by atoms with Crippen LogP contribution in [-0.4, -0.2) is 22.9 Å². The topological polar surface area (TPSA) is 59.0 Å². The molecule has 0 aliphatic heterocycles. The van der Waals surface area contributed by atoms with Crippen LogP contribution in [0.1, 0.15) is 18.2 Å². The van der Waals surface area contributed by atoms with Gasteiger partial charge in [0.1, 0.15) is 0 Å². The summed E-state index contributed by atoms with van der Waals surface area (Å²) in [7, 11) is 3.47. The summed E-state index contributed by atoms with van der Waals surface area (Å²) < 4.78 is 1.76. The number of nitrogens with zero attached hydrogens (tertiary/aromatic N) is 2. The Labute approximate surface area is 83.5 Å². The molecule has 2 N–H and O–H groups in total. The van der Waals surface area contributed by atoms with Gasteiger partial charge in [0.2, 0.25) is 0 Å². The van der Waals surface area contributed by atoms with Gasteiger partial charge in [0.15, 0.2) is 0 Å². The molecule has 0 aliphatic rings. The predicted molar refractivity (Wildman–Crippen MR) is 53.9 cm³/mol. The van der Waals surface area contributed by atoms with Crippen molar-refractivity contribution in [3.05, 3.63) is 17.5 Å². The fraction of sp³-hybridized carbons (Fsp3) is 0.556. The third-order valence-corrected chi connectivity index (χ3v) is 1.99. The summed E-state index contributed by atoms with van der Waals surface area (Å²) in [4.78, 5) is 10.9. The molecule has 5 heteroatoms. The normalized spacial score (nSPS) is 9.93. The van der Waals surface area contributed by atoms with E-state index in [-0.39, 0.29) is 6.03 Å². The number of aryl methyl sites for hydroxylation is 2. The van der Waals surface area contributed by atoms with Crippen molar-refractivity contribution in [1.29, 1.82) is 0 Å². The van der Waals surface area contributed by atoms with Gasteiger partial charge in [0.05, 0.1) is 5.69 Å². The van der Waals surface area contributed by atoms with Crippen LogP contribution < -0.4 is 10.6 Å². The highest BCUT2D eigenvalue weighted by atomic mass is 16.2. The standard InChI is InChI=1S/C9H16N4O/c1-4-8-7(6-13(3)12-8)5-11-9(14)10-2/h6H,4-5H2,1-3H3,(H2,10,11,14). The minimum Gasteiger partial charge on any atom is -0.341 e. The van der Waals surface area contributed by atoms with Gasteiger partial charge in [-0.1, -0.05) is 6.92 Å². The first kappa shape index (κ1) is 10.6. The number of amides is 2. The molecule has 0 saturated heterocycles. The smallest absolute Gasteiger partial charge is 0.314 e. The Balaban J connectivity index is 2.61. The predicted octanol–water partition coefficient (Wildman–Crippen LogP) is 0.412. The van der Waals surface area contributed by atoms with E-state index in [0.717, 1.165) is 17.7 Å². The summed E-state index contributed by atoms with van der Waals surface area (Å²) in [5.74, 6) is 0. The van der Waals surface area contributed by atoms with E-state index in [4.69, 9.17) is 0 Å². The number of urea groups is 1. The van der Waals surface area contributed by atoms with Gasteiger partial charge in [-0.25, -0.2) is 4.79 Å². The number of rotatable bonds is 3. The van der Waals surface area contributed by atoms with Crippen LogP contribution in [-0.2, 0) is 20.0 Å². The molecular formula is C9H16N4O. The van der Waals surface area contributed by atoms with E-state index in [9.17, 15) is 4.79 Å². The summed E-state index contributed by atoms with van der Waals surface area (Å²) in [6.45, 7) is 2.57. The summed E-state index contributed by atoms with van der Waals surface area (Å²) in [5.41, 5.74) is 2.10. The molecule has 0 bridgehead atoms. The molecule has 5 nitrogen and oxygen atoms in total. The van der Waals surface area contributed by atoms with E-state index in [0.29, 0.717) is 6.54 Å². The van der Waals surface area contributed by atoms with Gasteiger partial charge < -0.3 is 10.6 Å². The van der Waals surface area contributed by atoms with Gasteiger partial charge >= 0.3 is 6.03 Å². The fourth-order valence-corrected chi connectivity index (χ4v) is 1.29. The number of hydrogen-bond donors (Lipinski definition) is 2. The maximum atomic E-state index is 10.9. The van der Waals surface area contributed by atoms with E-state index in [1.54, 1.807) is 11.7 Å². The van der Waals surface area contributed by atoms with E-state index in [1.165, 1.54) is 0 Å². The molecule has 14 heavy (non-hydrogen) atoms. The van der Waals surface area contributed by atoms with Gasteiger partial charge in [0.25, 0.3) is 0 Å². The van der Waals surface area contributed by atoms with Crippen molar-refractivity contribution >= 4 is 6.03 Å². The molecule has 78 valence electrons. The highest BCUT2D eigenvalue weighted by molar-refractivity contribution is 5.73. The molecule has 0 atom stereocenters. The lowest BCUT2D eigenvalue weighted by Gasteiger charge is -2.02. The van der Waals surface area contributed by atoms with Gasteiger partial charge in [-0.15, -0.1) is 0 Å². The third kappa shape index (κ3) is 2.48. The zero-order valence-electron chi connectivity index (χ0n) is 8.79. The molecule has 0 unspecified atom stereocenters. The Bertz CT molecular complexity index is 319. The summed E-state index contributed by atoms with van der Waals surface area (Å²) in [5, 5.41) is 9.51. The van der Waals surface area contributed by atoms with Crippen molar-refractivity contribution in [3.63, 3.8) is 0 Å². The number of carbonyl (C=O) groups is 1. The molecule has 1 heterocycles. The Kier molecular flexibility index (Phi) is 3.50. The maximum absolute atomic E-state index is 10.9. The molecule has 0 spiro atoms. The van der Waals surface area contributed by atoms with E-state index >= 15 is 0 Å². The SMILES string of the molecule is CCc1nn(C)cc1CNC(=O)NC. The van der Waals surface area contributed by atoms with Crippen LogP contribution in [0.15, 0.2) is 6.20 Å². The lowest BCUT2D eigenvalue weighted by molar-refractivity contribution is 0.242. The average molecular weight is 196 g/mol. The van der Waals surface area contributed by atoms with E-state index < -0.39 is 0 Å². The van der Waals surface area contributed by atoms with Crippen molar-refractivity contribution in [1.82, 2.24) is 20.4 Å². The Morgan fingerprint density at radius 2 is 2.36 bits per heavy atom. The van der Waals surface area contributed by atoms with Gasteiger partial charge in [-0.2, -0.15) is 5.10 Å². The molecular weight excluding hydrogens is 180 g/mol. The van der Waals surface area contributed by atoms with Crippen LogP contribution in [0.3, 0.4) is 0 Å². The number of hydrogen-bond acceptors (Lipinski definition) is 2. The largest absolute Gasteiger partial charge is 0.341 e. The lowest BCUT2D eigenvalue weighted by atomic mass is 10.2. The quantitative estimate of drug-likeness (QED) is 0.735. The molecule has 1 rings (SSSR count). The van der Waals surface area contributed by atoms with Crippen molar-refractivity contribution in [3.8, 4) is 0 Å². The molecule has 0 fully saturated rings. The highest BCUT2D eigenvalue weighted by Gasteiger charge is 2.06. The monoisotopic (exact) mass is 196 g/mol. The van der Waals surface area contributed by atoms with E-state index in [2.05, 4.69) is 15.7 Å². The van der Waals surface area contributed by atoms with Crippen molar-refractivity contribution in [2.75, 3.05) is 7.05 Å². The second-order valence-corrected chi connectivity index (χ2v) is 3.06. The second kappa shape index (κ2) is 4.64. The van der Waals surface area contributed by atoms with Crippen LogP contribution in [0.2, 0.25) is 0 Å². The molecule has 1 aromatic rings. The number of aromatic nitrogens is 2. The van der Waals surface area contributed by atoms with Crippen LogP contribution in [0, 0.1) is 0 Å². The molecule has 0 radical (unpaired) electrons. The Hall–Kier alpha value is -1.52. The minimum atomic E-state index is -0.170. The van der Waals surface area contributed by atoms with Gasteiger partial charge in [0, 0.05) is 32.4 Å². The Morgan fingerprint density at radius 3 is 2.93 bits per heavy atom. The molecule has 0 saturated carbocycles. The average Bonchev–Trinajstić information content (AvgIpc) is 2.55. The molecule has 1 aromatic heterocycles. The summed E-state index contributed by atoms with van der Waals surface area (Å²) in [6.07, 6.45) is 2.81. The van der Waals surface area contributed by atoms with Crippen LogP contribution in [0.25, 0.3) is 0 Å². The molecule has 0 aliphatic carbocycles. The zero-order valence-corrected chi connectivity index (χ0v) is 8.79. The first-order chi connectivity index (χ1) is 6.67. The molecule has 0 aromatic carbocycles. The first-order valence-corrected chi connectivity index (χ1v) is 4.64. The highest BCUT2D eigenvalue weighted by Crippen LogP contribution is 2.06. The summed E-state index contributed by atoms with van der Waals surface area (Å²) >= 11 is 0. The van der Waals surface area contributed by atoms with Gasteiger partial charge in [-0.3, -0.25) is 4.68 Å². The number of carbonyl (C=O) groups excluding carboxylic acids is 1. The zero-order chi connectivity index (χ0) is 10.6. The second-order valence-electron chi connectivity index (χ2n) is 3.06. The summed E-state index contributed by atoms with van der Waals surface area (Å²) in [6, 6.07) is -0.170. The fourth-order valence-electron chi connectivity index (χ4n) is 1.29. The lowest BCUT2D eigenvalue weighted by Crippen LogP contribution is -2.32. The Morgan fingerprint density at radius 1 is 1.64 bits per heavy atom. The molecule has 2 amide bonds. The number of nitrogens with one attached hydrogen (secondary N) is 2. The first-order valence-electron chi connectivity index (χ1n) is 4.64. The minimum absolute atomic E-state index is 0.170. The van der Waals surface area contributed by atoms with Crippen molar-refractivity contribution in [2.45, 2.75) is 19.9 Å². The van der Waals surface area contributed by atoms with Crippen molar-refractivity contribution in [2.24, 2.45) is 7.05 Å². The maximum Gasteiger partial charge on any atom is 0.314 e. The third-order valence-electron chi connectivity index (χ3n) is 1.99. The van der Waals surface area contributed by atoms with Crippen LogP contribution >= 0.6 is 0 Å².